The summed E-state index contributed by atoms with van der Waals surface area (Å²) in [6.45, 7) is 4.89. The summed E-state index contributed by atoms with van der Waals surface area (Å²) in [5, 5.41) is 26.7. The van der Waals surface area contributed by atoms with Crippen molar-refractivity contribution in [1.82, 2.24) is 10.6 Å². The summed E-state index contributed by atoms with van der Waals surface area (Å²) in [6, 6.07) is 8.10. The summed E-state index contributed by atoms with van der Waals surface area (Å²) < 4.78 is 0. The maximum atomic E-state index is 11.2. The largest absolute Gasteiger partial charge is 1.00 e. The Bertz CT molecular complexity index is 499. The molecule has 0 aliphatic heterocycles. The van der Waals surface area contributed by atoms with Gasteiger partial charge in [0.1, 0.15) is 6.29 Å². The minimum Gasteiger partial charge on any atom is -0.548 e. The van der Waals surface area contributed by atoms with Crippen molar-refractivity contribution in [2.45, 2.75) is 51.5 Å². The average molecular weight is 328 g/mol. The van der Waals surface area contributed by atoms with E-state index in [0.29, 0.717) is 6.42 Å². The third kappa shape index (κ3) is 7.60. The van der Waals surface area contributed by atoms with E-state index in [1.165, 1.54) is 6.92 Å². The Morgan fingerprint density at radius 1 is 1.21 bits per heavy atom. The van der Waals surface area contributed by atoms with Crippen LogP contribution in [0.5, 0.6) is 0 Å². The number of rotatable bonds is 10. The van der Waals surface area contributed by atoms with Gasteiger partial charge in [0, 0.05) is 5.92 Å². The molecule has 0 radical (unpaired) electrons. The maximum absolute atomic E-state index is 11.2. The molecule has 128 valence electrons. The second kappa shape index (κ2) is 11.4. The number of hydrogen-bond donors (Lipinski definition) is 3. The Kier molecular flexibility index (Phi) is 10.8. The van der Waals surface area contributed by atoms with E-state index in [1.54, 1.807) is 13.8 Å². The van der Waals surface area contributed by atoms with Crippen LogP contribution in [0.15, 0.2) is 30.3 Å². The first kappa shape index (κ1) is 22.8. The fourth-order valence-corrected chi connectivity index (χ4v) is 2.37. The van der Waals surface area contributed by atoms with E-state index < -0.39 is 36.2 Å². The molecule has 7 heteroatoms. The molecule has 3 N–H and O–H groups in total. The Morgan fingerprint density at radius 3 is 2.25 bits per heavy atom. The van der Waals surface area contributed by atoms with E-state index in [9.17, 15) is 19.8 Å². The molecule has 0 aromatic heterocycles. The van der Waals surface area contributed by atoms with Crippen LogP contribution in [0.4, 0.5) is 0 Å². The Balaban J connectivity index is 0.00000529. The van der Waals surface area contributed by atoms with E-state index >= 15 is 0 Å². The van der Waals surface area contributed by atoms with E-state index in [0.717, 1.165) is 11.8 Å². The van der Waals surface area contributed by atoms with Crippen LogP contribution in [0.1, 0.15) is 26.3 Å². The third-order valence-corrected chi connectivity index (χ3v) is 3.90. The zero-order chi connectivity index (χ0) is 17.4. The molecule has 6 nitrogen and oxygen atoms in total. The van der Waals surface area contributed by atoms with Gasteiger partial charge in [0.25, 0.3) is 0 Å². The summed E-state index contributed by atoms with van der Waals surface area (Å²) in [6.07, 6.45) is 0.0945. The van der Waals surface area contributed by atoms with Crippen molar-refractivity contribution in [3.8, 4) is 0 Å². The van der Waals surface area contributed by atoms with Gasteiger partial charge in [-0.3, -0.25) is 10.6 Å². The van der Waals surface area contributed by atoms with Crippen molar-refractivity contribution in [2.75, 3.05) is 0 Å². The molecule has 0 aliphatic carbocycles. The summed E-state index contributed by atoms with van der Waals surface area (Å²) >= 11 is 0. The number of carboxylic acid groups (broad SMARTS) is 1. The standard InChI is InChI=1S/C17H26N2O4.Li/c1-11(12(2)21)16(17(22)23)19-13(3)18-15(10-20)9-14-7-5-4-6-8-14;/h4-8,10-13,15-16,18-19,21H,9H2,1-3H3,(H,22,23);/q;+1/p-1/t11-,12-,13?,15+,16?;/m0./s1. The van der Waals surface area contributed by atoms with E-state index in [2.05, 4.69) is 10.6 Å². The van der Waals surface area contributed by atoms with Crippen molar-refractivity contribution in [2.24, 2.45) is 5.92 Å². The Labute approximate surface area is 155 Å². The number of aldehydes is 1. The molecule has 0 amide bonds. The molecule has 2 unspecified atom stereocenters. The number of carbonyl (C=O) groups excluding carboxylic acids is 2. The molecule has 0 spiro atoms. The molecule has 0 heterocycles. The predicted octanol–water partition coefficient (Wildman–Crippen LogP) is -3.54. The zero-order valence-electron chi connectivity index (χ0n) is 14.7. The number of benzene rings is 1. The number of carbonyl (C=O) groups is 2. The van der Waals surface area contributed by atoms with Crippen molar-refractivity contribution >= 4 is 12.3 Å². The van der Waals surface area contributed by atoms with Gasteiger partial charge in [0.2, 0.25) is 0 Å². The number of carboxylic acids is 1. The Morgan fingerprint density at radius 2 is 1.79 bits per heavy atom. The molecule has 24 heavy (non-hydrogen) atoms. The van der Waals surface area contributed by atoms with Crippen LogP contribution in [0.2, 0.25) is 0 Å². The molecule has 0 saturated heterocycles. The van der Waals surface area contributed by atoms with Crippen LogP contribution in [-0.4, -0.2) is 41.7 Å². The second-order valence-corrected chi connectivity index (χ2v) is 5.88. The van der Waals surface area contributed by atoms with Crippen molar-refractivity contribution in [3.63, 3.8) is 0 Å². The predicted molar refractivity (Wildman–Crippen MR) is 85.4 cm³/mol. The minimum absolute atomic E-state index is 0. The van der Waals surface area contributed by atoms with Crippen LogP contribution in [-0.2, 0) is 16.0 Å². The van der Waals surface area contributed by atoms with E-state index in [4.69, 9.17) is 0 Å². The second-order valence-electron chi connectivity index (χ2n) is 5.88. The first-order valence-electron chi connectivity index (χ1n) is 7.75. The van der Waals surface area contributed by atoms with Gasteiger partial charge in [0.15, 0.2) is 0 Å². The molecule has 1 aromatic carbocycles. The zero-order valence-corrected chi connectivity index (χ0v) is 14.7. The number of hydrogen-bond acceptors (Lipinski definition) is 6. The fourth-order valence-electron chi connectivity index (χ4n) is 2.37. The van der Waals surface area contributed by atoms with Crippen LogP contribution < -0.4 is 34.6 Å². The van der Waals surface area contributed by atoms with Crippen LogP contribution in [0.3, 0.4) is 0 Å². The van der Waals surface area contributed by atoms with Gasteiger partial charge in [-0.2, -0.15) is 0 Å². The monoisotopic (exact) mass is 328 g/mol. The van der Waals surface area contributed by atoms with Gasteiger partial charge >= 0.3 is 18.9 Å². The molecule has 0 fully saturated rings. The Hall–Kier alpha value is -1.16. The quantitative estimate of drug-likeness (QED) is 0.234. The fraction of sp³-hybridized carbons (Fsp3) is 0.529. The van der Waals surface area contributed by atoms with Gasteiger partial charge in [-0.15, -0.1) is 0 Å². The third-order valence-electron chi connectivity index (χ3n) is 3.90. The first-order valence-corrected chi connectivity index (χ1v) is 7.75. The normalized spacial score (nSPS) is 17.0. The van der Waals surface area contributed by atoms with Gasteiger partial charge in [-0.1, -0.05) is 37.3 Å². The average Bonchev–Trinajstić information content (AvgIpc) is 2.51. The number of nitrogens with one attached hydrogen (secondary N) is 2. The van der Waals surface area contributed by atoms with Crippen LogP contribution >= 0.6 is 0 Å². The van der Waals surface area contributed by atoms with Gasteiger partial charge in [-0.05, 0) is 25.8 Å². The van der Waals surface area contributed by atoms with Gasteiger partial charge < -0.3 is 19.8 Å². The molecule has 0 bridgehead atoms. The molecule has 5 atom stereocenters. The summed E-state index contributed by atoms with van der Waals surface area (Å²) in [4.78, 5) is 22.5. The molecule has 0 aliphatic rings. The van der Waals surface area contributed by atoms with Crippen LogP contribution in [0.25, 0.3) is 0 Å². The molecule has 1 rings (SSSR count). The van der Waals surface area contributed by atoms with Gasteiger partial charge in [0.05, 0.1) is 30.3 Å². The maximum Gasteiger partial charge on any atom is 1.00 e. The summed E-state index contributed by atoms with van der Waals surface area (Å²) in [5.74, 6) is -1.80. The summed E-state index contributed by atoms with van der Waals surface area (Å²) in [7, 11) is 0. The minimum atomic E-state index is -1.28. The number of aliphatic hydroxyl groups is 1. The van der Waals surface area contributed by atoms with E-state index in [-0.39, 0.29) is 18.9 Å². The van der Waals surface area contributed by atoms with E-state index in [1.807, 2.05) is 30.3 Å². The van der Waals surface area contributed by atoms with Crippen LogP contribution in [0, 0.1) is 5.92 Å². The first-order chi connectivity index (χ1) is 10.8. The topological polar surface area (TPSA) is 101 Å². The van der Waals surface area contributed by atoms with Gasteiger partial charge in [-0.25, -0.2) is 0 Å². The smallest absolute Gasteiger partial charge is 0.548 e. The SMILES string of the molecule is CC(NC(C(=O)[O-])[C@@H](C)[C@H](C)O)N[C@@H](C=O)Cc1ccccc1.[Li+]. The summed E-state index contributed by atoms with van der Waals surface area (Å²) in [5.41, 5.74) is 1.01. The number of aliphatic hydroxyl groups excluding tert-OH is 1. The molecule has 1 aromatic rings. The number of aliphatic carboxylic acids is 1. The van der Waals surface area contributed by atoms with Crippen molar-refractivity contribution < 1.29 is 38.7 Å². The van der Waals surface area contributed by atoms with Crippen molar-refractivity contribution in [1.29, 1.82) is 0 Å². The molecular weight excluding hydrogens is 303 g/mol. The molecular formula is C17H25LiN2O4. The molecule has 0 saturated carbocycles. The van der Waals surface area contributed by atoms with Crippen molar-refractivity contribution in [3.05, 3.63) is 35.9 Å².